The highest BCUT2D eigenvalue weighted by molar-refractivity contribution is 5.35. The predicted molar refractivity (Wildman–Crippen MR) is 73.6 cm³/mol. The summed E-state index contributed by atoms with van der Waals surface area (Å²) >= 11 is 0. The minimum atomic E-state index is -0.346. The fourth-order valence-electron chi connectivity index (χ4n) is 1.72. The molecule has 2 rings (SSSR count). The minimum Gasteiger partial charge on any atom is -0.506 e. The number of nitrogens with one attached hydrogen (secondary N) is 1. The number of hydrogen-bond donors (Lipinski definition) is 2. The van der Waals surface area contributed by atoms with Gasteiger partial charge in [-0.05, 0) is 25.6 Å². The first kappa shape index (κ1) is 13.3. The molecule has 0 aliphatic heterocycles. The van der Waals surface area contributed by atoms with Crippen LogP contribution in [0.5, 0.6) is 5.75 Å². The van der Waals surface area contributed by atoms with E-state index < -0.39 is 0 Å². The quantitative estimate of drug-likeness (QED) is 0.870. The summed E-state index contributed by atoms with van der Waals surface area (Å²) in [6.45, 7) is 5.14. The summed E-state index contributed by atoms with van der Waals surface area (Å²) in [5.74, 6) is -0.0747. The SMILES string of the molecule is CCNCc1nn(-c2ccc(C)cc2)c(=O)cc1O. The number of aryl methyl sites for hydroxylation is 1. The predicted octanol–water partition coefficient (Wildman–Crippen LogP) is 1.36. The summed E-state index contributed by atoms with van der Waals surface area (Å²) in [7, 11) is 0. The van der Waals surface area contributed by atoms with E-state index in [1.165, 1.54) is 10.7 Å². The third-order valence-electron chi connectivity index (χ3n) is 2.81. The molecule has 0 aliphatic carbocycles. The third kappa shape index (κ3) is 3.00. The maximum atomic E-state index is 11.9. The molecule has 1 heterocycles. The molecular weight excluding hydrogens is 242 g/mol. The lowest BCUT2D eigenvalue weighted by atomic mass is 10.2. The first-order valence-corrected chi connectivity index (χ1v) is 6.22. The summed E-state index contributed by atoms with van der Waals surface area (Å²) in [5.41, 5.74) is 1.92. The van der Waals surface area contributed by atoms with E-state index in [2.05, 4.69) is 10.4 Å². The molecule has 0 fully saturated rings. The molecule has 0 unspecified atom stereocenters. The van der Waals surface area contributed by atoms with Crippen LogP contribution in [0.15, 0.2) is 35.1 Å². The van der Waals surface area contributed by atoms with Crippen LogP contribution >= 0.6 is 0 Å². The number of aromatic hydroxyl groups is 1. The van der Waals surface area contributed by atoms with E-state index >= 15 is 0 Å². The van der Waals surface area contributed by atoms with Gasteiger partial charge in [-0.15, -0.1) is 0 Å². The molecule has 2 aromatic rings. The van der Waals surface area contributed by atoms with E-state index in [1.807, 2.05) is 38.1 Å². The lowest BCUT2D eigenvalue weighted by Gasteiger charge is -2.09. The molecule has 1 aromatic heterocycles. The molecule has 0 radical (unpaired) electrons. The minimum absolute atomic E-state index is 0.0747. The van der Waals surface area contributed by atoms with Gasteiger partial charge >= 0.3 is 0 Å². The molecule has 0 bridgehead atoms. The van der Waals surface area contributed by atoms with Crippen LogP contribution in [0.2, 0.25) is 0 Å². The molecule has 1 aromatic carbocycles. The number of benzene rings is 1. The summed E-state index contributed by atoms with van der Waals surface area (Å²) in [6.07, 6.45) is 0. The molecular formula is C14H17N3O2. The molecule has 0 amide bonds. The van der Waals surface area contributed by atoms with Crippen molar-refractivity contribution in [2.45, 2.75) is 20.4 Å². The van der Waals surface area contributed by atoms with Crippen molar-refractivity contribution >= 4 is 0 Å². The van der Waals surface area contributed by atoms with Crippen molar-refractivity contribution < 1.29 is 5.11 Å². The summed E-state index contributed by atoms with van der Waals surface area (Å²) in [4.78, 5) is 11.9. The van der Waals surface area contributed by atoms with Gasteiger partial charge in [-0.3, -0.25) is 4.79 Å². The summed E-state index contributed by atoms with van der Waals surface area (Å²) < 4.78 is 1.30. The molecule has 0 saturated carbocycles. The molecule has 19 heavy (non-hydrogen) atoms. The van der Waals surface area contributed by atoms with Gasteiger partial charge in [0.05, 0.1) is 5.69 Å². The Labute approximate surface area is 111 Å². The lowest BCUT2D eigenvalue weighted by molar-refractivity contribution is 0.452. The van der Waals surface area contributed by atoms with Gasteiger partial charge in [0, 0.05) is 12.6 Å². The van der Waals surface area contributed by atoms with E-state index in [0.717, 1.165) is 12.1 Å². The van der Waals surface area contributed by atoms with Crippen molar-refractivity contribution in [1.82, 2.24) is 15.1 Å². The Morgan fingerprint density at radius 2 is 2.00 bits per heavy atom. The van der Waals surface area contributed by atoms with Crippen molar-refractivity contribution in [3.63, 3.8) is 0 Å². The number of rotatable bonds is 4. The van der Waals surface area contributed by atoms with E-state index in [-0.39, 0.29) is 11.3 Å². The molecule has 0 spiro atoms. The topological polar surface area (TPSA) is 67.2 Å². The molecule has 0 aliphatic rings. The van der Waals surface area contributed by atoms with Crippen molar-refractivity contribution in [1.29, 1.82) is 0 Å². The molecule has 2 N–H and O–H groups in total. The largest absolute Gasteiger partial charge is 0.506 e. The first-order chi connectivity index (χ1) is 9.11. The Balaban J connectivity index is 2.45. The summed E-state index contributed by atoms with van der Waals surface area (Å²) in [6, 6.07) is 8.69. The highest BCUT2D eigenvalue weighted by Crippen LogP contribution is 2.12. The monoisotopic (exact) mass is 259 g/mol. The highest BCUT2D eigenvalue weighted by atomic mass is 16.3. The van der Waals surface area contributed by atoms with E-state index in [0.29, 0.717) is 17.9 Å². The molecule has 0 atom stereocenters. The van der Waals surface area contributed by atoms with Crippen LogP contribution < -0.4 is 10.9 Å². The number of nitrogens with zero attached hydrogens (tertiary/aromatic N) is 2. The van der Waals surface area contributed by atoms with Crippen molar-refractivity contribution in [2.24, 2.45) is 0 Å². The average molecular weight is 259 g/mol. The zero-order chi connectivity index (χ0) is 13.8. The Hall–Kier alpha value is -2.14. The van der Waals surface area contributed by atoms with Crippen LogP contribution in [0.25, 0.3) is 5.69 Å². The first-order valence-electron chi connectivity index (χ1n) is 6.22. The van der Waals surface area contributed by atoms with Crippen LogP contribution in [-0.2, 0) is 6.54 Å². The van der Waals surface area contributed by atoms with Crippen molar-refractivity contribution in [3.8, 4) is 11.4 Å². The maximum absolute atomic E-state index is 11.9. The molecule has 100 valence electrons. The Bertz CT molecular complexity index is 618. The highest BCUT2D eigenvalue weighted by Gasteiger charge is 2.08. The second kappa shape index (κ2) is 5.67. The second-order valence-corrected chi connectivity index (χ2v) is 4.34. The third-order valence-corrected chi connectivity index (χ3v) is 2.81. The van der Waals surface area contributed by atoms with Gasteiger partial charge in [0.15, 0.2) is 0 Å². The van der Waals surface area contributed by atoms with E-state index in [1.54, 1.807) is 0 Å². The van der Waals surface area contributed by atoms with Crippen LogP contribution in [0.4, 0.5) is 0 Å². The fraction of sp³-hybridized carbons (Fsp3) is 0.286. The zero-order valence-electron chi connectivity index (χ0n) is 11.1. The maximum Gasteiger partial charge on any atom is 0.275 e. The average Bonchev–Trinajstić information content (AvgIpc) is 2.39. The fourth-order valence-corrected chi connectivity index (χ4v) is 1.72. The smallest absolute Gasteiger partial charge is 0.275 e. The molecule has 5 nitrogen and oxygen atoms in total. The van der Waals surface area contributed by atoms with Gasteiger partial charge in [-0.2, -0.15) is 9.78 Å². The van der Waals surface area contributed by atoms with Gasteiger partial charge in [-0.25, -0.2) is 0 Å². The molecule has 0 saturated heterocycles. The normalized spacial score (nSPS) is 10.6. The van der Waals surface area contributed by atoms with E-state index in [9.17, 15) is 9.90 Å². The van der Waals surface area contributed by atoms with Gasteiger partial charge in [-0.1, -0.05) is 24.6 Å². The lowest BCUT2D eigenvalue weighted by Crippen LogP contribution is -2.23. The Morgan fingerprint density at radius 1 is 1.32 bits per heavy atom. The zero-order valence-corrected chi connectivity index (χ0v) is 11.1. The standard InChI is InChI=1S/C14H17N3O2/c1-3-15-9-12-13(18)8-14(19)17(16-12)11-6-4-10(2)5-7-11/h4-8,15,18H,3,9H2,1-2H3. The second-order valence-electron chi connectivity index (χ2n) is 4.34. The Morgan fingerprint density at radius 3 is 2.63 bits per heavy atom. The van der Waals surface area contributed by atoms with Crippen LogP contribution in [0.3, 0.4) is 0 Å². The van der Waals surface area contributed by atoms with Crippen LogP contribution in [0, 0.1) is 6.92 Å². The van der Waals surface area contributed by atoms with Crippen LogP contribution in [0.1, 0.15) is 18.2 Å². The van der Waals surface area contributed by atoms with Gasteiger partial charge < -0.3 is 10.4 Å². The van der Waals surface area contributed by atoms with Crippen molar-refractivity contribution in [2.75, 3.05) is 6.54 Å². The van der Waals surface area contributed by atoms with Gasteiger partial charge in [0.1, 0.15) is 11.4 Å². The van der Waals surface area contributed by atoms with Crippen LogP contribution in [-0.4, -0.2) is 21.4 Å². The van der Waals surface area contributed by atoms with Gasteiger partial charge in [0.25, 0.3) is 5.56 Å². The molecule has 5 heteroatoms. The van der Waals surface area contributed by atoms with Gasteiger partial charge in [0.2, 0.25) is 0 Å². The van der Waals surface area contributed by atoms with E-state index in [4.69, 9.17) is 0 Å². The number of hydrogen-bond acceptors (Lipinski definition) is 4. The Kier molecular flexibility index (Phi) is 3.97. The number of aromatic nitrogens is 2. The summed E-state index contributed by atoms with van der Waals surface area (Å²) in [5, 5.41) is 17.0. The van der Waals surface area contributed by atoms with Crippen molar-refractivity contribution in [3.05, 3.63) is 51.9 Å².